The van der Waals surface area contributed by atoms with Gasteiger partial charge in [-0.15, -0.1) is 0 Å². The van der Waals surface area contributed by atoms with Crippen LogP contribution in [0.2, 0.25) is 0 Å². The lowest BCUT2D eigenvalue weighted by Crippen LogP contribution is -2.40. The fourth-order valence-corrected chi connectivity index (χ4v) is 4.45. The van der Waals surface area contributed by atoms with Crippen LogP contribution in [0, 0.1) is 6.92 Å². The first-order valence-corrected chi connectivity index (χ1v) is 10.4. The van der Waals surface area contributed by atoms with Crippen molar-refractivity contribution in [3.8, 4) is 17.0 Å². The fourth-order valence-electron chi connectivity index (χ4n) is 4.45. The Labute approximate surface area is 180 Å². The molecular formula is C23H25N5O3. The first-order valence-electron chi connectivity index (χ1n) is 10.4. The summed E-state index contributed by atoms with van der Waals surface area (Å²) in [6, 6.07) is 5.94. The Hall–Kier alpha value is -3.26. The van der Waals surface area contributed by atoms with E-state index in [9.17, 15) is 4.79 Å². The largest absolute Gasteiger partial charge is 0.495 e. The van der Waals surface area contributed by atoms with Gasteiger partial charge in [-0.05, 0) is 44.9 Å². The van der Waals surface area contributed by atoms with E-state index >= 15 is 0 Å². The Bertz CT molecular complexity index is 1160. The number of ether oxygens (including phenoxy) is 2. The SMILES string of the molecule is COc1cncc(-c2cc(C)c3c(n2)C(C)(C)N(c2ccn([C@@H]4CCOC4)n2)C3=O)c1. The summed E-state index contributed by atoms with van der Waals surface area (Å²) >= 11 is 0. The summed E-state index contributed by atoms with van der Waals surface area (Å²) in [4.78, 5) is 24.4. The average molecular weight is 419 g/mol. The van der Waals surface area contributed by atoms with Crippen LogP contribution >= 0.6 is 0 Å². The van der Waals surface area contributed by atoms with E-state index in [-0.39, 0.29) is 11.9 Å². The summed E-state index contributed by atoms with van der Waals surface area (Å²) in [5.74, 6) is 1.22. The maximum absolute atomic E-state index is 13.5. The molecule has 160 valence electrons. The van der Waals surface area contributed by atoms with Crippen molar-refractivity contribution in [1.29, 1.82) is 0 Å². The van der Waals surface area contributed by atoms with Gasteiger partial charge in [0.2, 0.25) is 0 Å². The summed E-state index contributed by atoms with van der Waals surface area (Å²) in [5, 5.41) is 4.72. The highest BCUT2D eigenvalue weighted by Gasteiger charge is 2.47. The molecule has 0 bridgehead atoms. The van der Waals surface area contributed by atoms with Gasteiger partial charge in [0.1, 0.15) is 5.75 Å². The molecule has 0 spiro atoms. The molecule has 8 nitrogen and oxygen atoms in total. The zero-order valence-electron chi connectivity index (χ0n) is 18.1. The maximum Gasteiger partial charge on any atom is 0.262 e. The molecule has 2 aliphatic rings. The number of pyridine rings is 2. The molecule has 0 saturated carbocycles. The van der Waals surface area contributed by atoms with E-state index in [0.29, 0.717) is 23.7 Å². The molecule has 5 heterocycles. The van der Waals surface area contributed by atoms with E-state index < -0.39 is 5.54 Å². The number of amides is 1. The van der Waals surface area contributed by atoms with Gasteiger partial charge in [0, 0.05) is 30.6 Å². The molecule has 31 heavy (non-hydrogen) atoms. The number of carbonyl (C=O) groups excluding carboxylic acids is 1. The second-order valence-electron chi connectivity index (χ2n) is 8.53. The Morgan fingerprint density at radius 3 is 2.84 bits per heavy atom. The topological polar surface area (TPSA) is 82.4 Å². The highest BCUT2D eigenvalue weighted by molar-refractivity contribution is 6.12. The molecule has 3 aromatic heterocycles. The van der Waals surface area contributed by atoms with Crippen LogP contribution in [-0.2, 0) is 10.3 Å². The van der Waals surface area contributed by atoms with Crippen LogP contribution in [0.15, 0.2) is 36.8 Å². The second-order valence-corrected chi connectivity index (χ2v) is 8.53. The van der Waals surface area contributed by atoms with Crippen molar-refractivity contribution < 1.29 is 14.3 Å². The smallest absolute Gasteiger partial charge is 0.262 e. The Kier molecular flexibility index (Phi) is 4.55. The van der Waals surface area contributed by atoms with Gasteiger partial charge in [-0.2, -0.15) is 5.10 Å². The predicted octanol–water partition coefficient (Wildman–Crippen LogP) is 3.51. The van der Waals surface area contributed by atoms with Gasteiger partial charge >= 0.3 is 0 Å². The Morgan fingerprint density at radius 2 is 2.10 bits per heavy atom. The lowest BCUT2D eigenvalue weighted by molar-refractivity contribution is 0.0980. The number of aryl methyl sites for hydroxylation is 1. The molecule has 2 aliphatic heterocycles. The summed E-state index contributed by atoms with van der Waals surface area (Å²) < 4.78 is 12.7. The number of carbonyl (C=O) groups is 1. The molecule has 1 atom stereocenters. The van der Waals surface area contributed by atoms with Crippen molar-refractivity contribution in [3.63, 3.8) is 0 Å². The van der Waals surface area contributed by atoms with Crippen LogP contribution in [0.1, 0.15) is 47.9 Å². The van der Waals surface area contributed by atoms with E-state index in [0.717, 1.165) is 35.5 Å². The number of aromatic nitrogens is 4. The van der Waals surface area contributed by atoms with Crippen LogP contribution < -0.4 is 9.64 Å². The molecule has 0 N–H and O–H groups in total. The van der Waals surface area contributed by atoms with Gasteiger partial charge in [-0.3, -0.25) is 19.4 Å². The standard InChI is InChI=1S/C23H25N5O3/c1-14-9-18(15-10-17(30-4)12-24-11-15)25-21-20(14)22(29)28(23(21,2)3)19-5-7-27(26-19)16-6-8-31-13-16/h5,7,9-12,16H,6,8,13H2,1-4H3/t16-/m1/s1. The van der Waals surface area contributed by atoms with Crippen molar-refractivity contribution in [2.75, 3.05) is 25.2 Å². The van der Waals surface area contributed by atoms with Crippen molar-refractivity contribution in [1.82, 2.24) is 19.7 Å². The third kappa shape index (κ3) is 3.09. The third-order valence-corrected chi connectivity index (χ3v) is 6.12. The molecular weight excluding hydrogens is 394 g/mol. The summed E-state index contributed by atoms with van der Waals surface area (Å²) in [6.07, 6.45) is 6.26. The van der Waals surface area contributed by atoms with E-state index in [1.807, 2.05) is 49.8 Å². The minimum Gasteiger partial charge on any atom is -0.495 e. The van der Waals surface area contributed by atoms with E-state index in [1.165, 1.54) is 0 Å². The Morgan fingerprint density at radius 1 is 1.26 bits per heavy atom. The number of hydrogen-bond acceptors (Lipinski definition) is 6. The summed E-state index contributed by atoms with van der Waals surface area (Å²) in [7, 11) is 1.61. The van der Waals surface area contributed by atoms with Gasteiger partial charge in [-0.25, -0.2) is 4.98 Å². The monoisotopic (exact) mass is 419 g/mol. The minimum absolute atomic E-state index is 0.0757. The van der Waals surface area contributed by atoms with Crippen LogP contribution in [-0.4, -0.2) is 46.0 Å². The van der Waals surface area contributed by atoms with Crippen LogP contribution in [0.3, 0.4) is 0 Å². The maximum atomic E-state index is 13.5. The number of fused-ring (bicyclic) bond motifs is 1. The number of nitrogens with zero attached hydrogens (tertiary/aromatic N) is 5. The number of anilines is 1. The highest BCUT2D eigenvalue weighted by Crippen LogP contribution is 2.42. The minimum atomic E-state index is -0.648. The molecule has 3 aromatic rings. The van der Waals surface area contributed by atoms with Crippen molar-refractivity contribution in [3.05, 3.63) is 53.6 Å². The molecule has 0 aromatic carbocycles. The molecule has 0 radical (unpaired) electrons. The third-order valence-electron chi connectivity index (χ3n) is 6.12. The number of hydrogen-bond donors (Lipinski definition) is 0. The second kappa shape index (κ2) is 7.16. The predicted molar refractivity (Wildman–Crippen MR) is 115 cm³/mol. The number of methoxy groups -OCH3 is 1. The van der Waals surface area contributed by atoms with Gasteiger partial charge < -0.3 is 9.47 Å². The van der Waals surface area contributed by atoms with Gasteiger partial charge in [0.05, 0.1) is 48.4 Å². The molecule has 0 unspecified atom stereocenters. The van der Waals surface area contributed by atoms with Crippen LogP contribution in [0.5, 0.6) is 5.75 Å². The van der Waals surface area contributed by atoms with Crippen molar-refractivity contribution in [2.45, 2.75) is 38.8 Å². The molecule has 1 fully saturated rings. The lowest BCUT2D eigenvalue weighted by Gasteiger charge is -2.30. The fraction of sp³-hybridized carbons (Fsp3) is 0.391. The molecule has 8 heteroatoms. The van der Waals surface area contributed by atoms with Gasteiger partial charge in [-0.1, -0.05) is 0 Å². The Balaban J connectivity index is 1.56. The molecule has 1 amide bonds. The zero-order chi connectivity index (χ0) is 21.8. The average Bonchev–Trinajstić information content (AvgIpc) is 3.48. The summed E-state index contributed by atoms with van der Waals surface area (Å²) in [5.41, 5.74) is 3.23. The first-order chi connectivity index (χ1) is 14.9. The van der Waals surface area contributed by atoms with Gasteiger partial charge in [0.25, 0.3) is 5.91 Å². The summed E-state index contributed by atoms with van der Waals surface area (Å²) in [6.45, 7) is 7.36. The van der Waals surface area contributed by atoms with Crippen molar-refractivity contribution >= 4 is 11.7 Å². The normalized spacial score (nSPS) is 19.7. The molecule has 0 aliphatic carbocycles. The molecule has 1 saturated heterocycles. The number of rotatable bonds is 4. The quantitative estimate of drug-likeness (QED) is 0.644. The van der Waals surface area contributed by atoms with E-state index in [1.54, 1.807) is 24.4 Å². The van der Waals surface area contributed by atoms with Crippen LogP contribution in [0.25, 0.3) is 11.3 Å². The van der Waals surface area contributed by atoms with Gasteiger partial charge in [0.15, 0.2) is 5.82 Å². The molecule has 5 rings (SSSR count). The highest BCUT2D eigenvalue weighted by atomic mass is 16.5. The first kappa shape index (κ1) is 19.7. The van der Waals surface area contributed by atoms with E-state index in [2.05, 4.69) is 4.98 Å². The van der Waals surface area contributed by atoms with E-state index in [4.69, 9.17) is 19.6 Å². The van der Waals surface area contributed by atoms with Crippen molar-refractivity contribution in [2.24, 2.45) is 0 Å². The zero-order valence-corrected chi connectivity index (χ0v) is 18.1. The van der Waals surface area contributed by atoms with Crippen LogP contribution in [0.4, 0.5) is 5.82 Å². The lowest BCUT2D eigenvalue weighted by atomic mass is 9.96.